The van der Waals surface area contributed by atoms with E-state index in [1.165, 1.54) is 39.3 Å². The number of nitrogens with zero attached hydrogens (tertiary/aromatic N) is 2. The van der Waals surface area contributed by atoms with Crippen LogP contribution in [-0.2, 0) is 31.1 Å². The lowest BCUT2D eigenvalue weighted by molar-refractivity contribution is -0.0312. The van der Waals surface area contributed by atoms with Gasteiger partial charge in [0, 0.05) is 38.4 Å². The summed E-state index contributed by atoms with van der Waals surface area (Å²) in [7, 11) is -7.46. The number of aliphatic hydroxyl groups excluding tert-OH is 1. The van der Waals surface area contributed by atoms with Crippen LogP contribution < -0.4 is 15.5 Å². The molecule has 1 saturated carbocycles. The van der Waals surface area contributed by atoms with Crippen LogP contribution in [-0.4, -0.2) is 86.7 Å². The Hall–Kier alpha value is -2.88. The number of aliphatic hydroxyl groups is 1. The average Bonchev–Trinajstić information content (AvgIpc) is 3.83. The topological polar surface area (TPSA) is 144 Å². The number of fused-ring (bicyclic) bond motifs is 1. The van der Waals surface area contributed by atoms with Crippen molar-refractivity contribution >= 4 is 30.8 Å². The molecule has 3 aliphatic rings. The molecule has 2 atom stereocenters. The molecule has 2 saturated heterocycles. The summed E-state index contributed by atoms with van der Waals surface area (Å²) >= 11 is 0. The molecule has 3 aromatic rings. The predicted octanol–water partition coefficient (Wildman–Crippen LogP) is 2.44. The van der Waals surface area contributed by atoms with Crippen LogP contribution in [0.5, 0.6) is 5.75 Å². The Balaban J connectivity index is 1.02. The second-order valence-electron chi connectivity index (χ2n) is 12.1. The van der Waals surface area contributed by atoms with E-state index in [4.69, 9.17) is 9.47 Å². The lowest BCUT2D eigenvalue weighted by Crippen LogP contribution is -2.47. The van der Waals surface area contributed by atoms with Gasteiger partial charge >= 0.3 is 0 Å². The Kier molecular flexibility index (Phi) is 8.82. The second kappa shape index (κ2) is 12.4. The summed E-state index contributed by atoms with van der Waals surface area (Å²) in [6.07, 6.45) is 3.27. The van der Waals surface area contributed by atoms with Gasteiger partial charge in [-0.2, -0.15) is 4.31 Å². The molecule has 0 amide bonds. The molecule has 3 heterocycles. The number of sulfonamides is 1. The number of aromatic nitrogens is 1. The Labute approximate surface area is 261 Å². The van der Waals surface area contributed by atoms with E-state index < -0.39 is 42.8 Å². The summed E-state index contributed by atoms with van der Waals surface area (Å²) in [6.45, 7) is 3.02. The van der Waals surface area contributed by atoms with Crippen molar-refractivity contribution in [3.8, 4) is 5.75 Å². The van der Waals surface area contributed by atoms with Crippen LogP contribution in [0.3, 0.4) is 0 Å². The third-order valence-electron chi connectivity index (χ3n) is 9.00. The minimum atomic E-state index is -4.13. The molecule has 14 heteroatoms. The van der Waals surface area contributed by atoms with Gasteiger partial charge in [0.1, 0.15) is 29.2 Å². The number of nitrogens with one attached hydrogen (secondary N) is 1. The Morgan fingerprint density at radius 3 is 2.58 bits per heavy atom. The molecule has 45 heavy (non-hydrogen) atoms. The van der Waals surface area contributed by atoms with Crippen molar-refractivity contribution in [1.82, 2.24) is 14.2 Å². The number of hydrogen-bond acceptors (Lipinski definition) is 9. The van der Waals surface area contributed by atoms with Gasteiger partial charge in [0.25, 0.3) is 0 Å². The number of ether oxygens (including phenoxy) is 2. The maximum atomic E-state index is 14.5. The van der Waals surface area contributed by atoms with Crippen LogP contribution in [0.1, 0.15) is 39.0 Å². The zero-order valence-corrected chi connectivity index (χ0v) is 26.7. The zero-order valence-electron chi connectivity index (χ0n) is 25.0. The Morgan fingerprint density at radius 1 is 1.13 bits per heavy atom. The number of halogens is 1. The van der Waals surface area contributed by atoms with Gasteiger partial charge in [-0.05, 0) is 69.4 Å². The van der Waals surface area contributed by atoms with Crippen LogP contribution in [0.4, 0.5) is 4.39 Å². The molecule has 244 valence electrons. The number of aryl methyl sites for hydroxylation is 1. The lowest BCUT2D eigenvalue weighted by atomic mass is 9.88. The molecule has 2 aliphatic heterocycles. The number of rotatable bonds is 11. The molecule has 2 unspecified atom stereocenters. The van der Waals surface area contributed by atoms with Crippen LogP contribution in [0.15, 0.2) is 63.2 Å². The highest BCUT2D eigenvalue weighted by molar-refractivity contribution is 7.92. The largest absolute Gasteiger partial charge is 0.491 e. The van der Waals surface area contributed by atoms with Crippen LogP contribution >= 0.6 is 0 Å². The minimum absolute atomic E-state index is 0.0212. The minimum Gasteiger partial charge on any atom is -0.491 e. The summed E-state index contributed by atoms with van der Waals surface area (Å²) < 4.78 is 81.3. The third kappa shape index (κ3) is 6.41. The SMILES string of the molecule is CCn1cc(S(=O)(=O)N2CCC3(CC2)CC(NCC(O)COc2cccc(S(=O)(=O)C4CC4)c2)CO3)c(=O)c2cccc(F)c21. The van der Waals surface area contributed by atoms with Crippen LogP contribution in [0, 0.1) is 5.82 Å². The van der Waals surface area contributed by atoms with E-state index in [9.17, 15) is 31.1 Å². The average molecular weight is 664 g/mol. The fourth-order valence-corrected chi connectivity index (χ4v) is 9.52. The standard InChI is InChI=1S/C31H38FN3O8S2/c1-2-34-18-28(30(37)26-7-4-8-27(32)29(26)34)45(40,41)35-13-11-31(12-14-35)16-21(19-43-31)33-17-22(36)20-42-23-5-3-6-25(15-23)44(38,39)24-9-10-24/h3-8,15,18,21-22,24,33,36H,2,9-14,16-17,19-20H2,1H3. The lowest BCUT2D eigenvalue weighted by Gasteiger charge is -2.38. The first-order chi connectivity index (χ1) is 21.4. The summed E-state index contributed by atoms with van der Waals surface area (Å²) in [5.41, 5.74) is -1.14. The van der Waals surface area contributed by atoms with Gasteiger partial charge in [-0.25, -0.2) is 21.2 Å². The molecule has 6 rings (SSSR count). The van der Waals surface area contributed by atoms with Crippen molar-refractivity contribution in [2.24, 2.45) is 0 Å². The monoisotopic (exact) mass is 663 g/mol. The summed E-state index contributed by atoms with van der Waals surface area (Å²) in [4.78, 5) is 13.1. The van der Waals surface area contributed by atoms with Crippen molar-refractivity contribution in [1.29, 1.82) is 0 Å². The van der Waals surface area contributed by atoms with Crippen molar-refractivity contribution in [2.75, 3.05) is 32.8 Å². The highest BCUT2D eigenvalue weighted by atomic mass is 32.2. The first-order valence-electron chi connectivity index (χ1n) is 15.3. The van der Waals surface area contributed by atoms with Gasteiger partial charge in [-0.15, -0.1) is 0 Å². The van der Waals surface area contributed by atoms with E-state index >= 15 is 0 Å². The number of hydrogen-bond donors (Lipinski definition) is 2. The first kappa shape index (κ1) is 32.1. The molecule has 1 aromatic heterocycles. The molecular formula is C31H38FN3O8S2. The van der Waals surface area contributed by atoms with Gasteiger partial charge < -0.3 is 24.5 Å². The summed E-state index contributed by atoms with van der Waals surface area (Å²) in [6, 6.07) is 10.4. The fourth-order valence-electron chi connectivity index (χ4n) is 6.28. The Bertz CT molecular complexity index is 1850. The van der Waals surface area contributed by atoms with E-state index in [2.05, 4.69) is 5.32 Å². The van der Waals surface area contributed by atoms with E-state index in [0.29, 0.717) is 51.0 Å². The molecule has 1 aliphatic carbocycles. The molecule has 2 aromatic carbocycles. The number of piperidine rings is 1. The molecule has 2 N–H and O–H groups in total. The maximum Gasteiger partial charge on any atom is 0.248 e. The van der Waals surface area contributed by atoms with Gasteiger partial charge in [0.05, 0.1) is 33.3 Å². The van der Waals surface area contributed by atoms with Gasteiger partial charge in [0.2, 0.25) is 15.5 Å². The predicted molar refractivity (Wildman–Crippen MR) is 165 cm³/mol. The second-order valence-corrected chi connectivity index (χ2v) is 16.3. The smallest absolute Gasteiger partial charge is 0.248 e. The molecule has 11 nitrogen and oxygen atoms in total. The first-order valence-corrected chi connectivity index (χ1v) is 18.3. The van der Waals surface area contributed by atoms with E-state index in [1.807, 2.05) is 0 Å². The van der Waals surface area contributed by atoms with E-state index in [1.54, 1.807) is 25.1 Å². The maximum absolute atomic E-state index is 14.5. The zero-order chi connectivity index (χ0) is 32.0. The number of pyridine rings is 1. The van der Waals surface area contributed by atoms with Crippen LogP contribution in [0.25, 0.3) is 10.9 Å². The highest BCUT2D eigenvalue weighted by Crippen LogP contribution is 2.37. The Morgan fingerprint density at radius 2 is 1.87 bits per heavy atom. The molecule has 0 bridgehead atoms. The highest BCUT2D eigenvalue weighted by Gasteiger charge is 2.45. The molecule has 3 fully saturated rings. The van der Waals surface area contributed by atoms with Gasteiger partial charge in [-0.3, -0.25) is 4.79 Å². The van der Waals surface area contributed by atoms with Crippen molar-refractivity contribution < 1.29 is 35.8 Å². The van der Waals surface area contributed by atoms with Gasteiger partial charge in [0.15, 0.2) is 9.84 Å². The third-order valence-corrected chi connectivity index (χ3v) is 13.2. The quantitative estimate of drug-likeness (QED) is 0.316. The fraction of sp³-hybridized carbons (Fsp3) is 0.516. The number of sulfone groups is 1. The van der Waals surface area contributed by atoms with E-state index in [-0.39, 0.29) is 58.2 Å². The normalized spacial score (nSPS) is 21.4. The van der Waals surface area contributed by atoms with Crippen molar-refractivity contribution in [3.63, 3.8) is 0 Å². The molecule has 0 radical (unpaired) electrons. The number of para-hydroxylation sites is 1. The van der Waals surface area contributed by atoms with Gasteiger partial charge in [-0.1, -0.05) is 12.1 Å². The van der Waals surface area contributed by atoms with Crippen molar-refractivity contribution in [3.05, 3.63) is 64.7 Å². The summed E-state index contributed by atoms with van der Waals surface area (Å²) in [5, 5.41) is 13.5. The summed E-state index contributed by atoms with van der Waals surface area (Å²) in [5.74, 6) is -0.200. The number of benzene rings is 2. The van der Waals surface area contributed by atoms with Crippen LogP contribution in [0.2, 0.25) is 0 Å². The van der Waals surface area contributed by atoms with E-state index in [0.717, 1.165) is 0 Å². The molecule has 1 spiro atoms. The van der Waals surface area contributed by atoms with Crippen molar-refractivity contribution in [2.45, 2.75) is 78.4 Å². The molecular weight excluding hydrogens is 625 g/mol.